The lowest BCUT2D eigenvalue weighted by molar-refractivity contribution is -0.116. The summed E-state index contributed by atoms with van der Waals surface area (Å²) in [6.07, 6.45) is 2.82. The van der Waals surface area contributed by atoms with Crippen LogP contribution in [0.1, 0.15) is 32.1 Å². The lowest BCUT2D eigenvalue weighted by atomic mass is 10.1. The van der Waals surface area contributed by atoms with Crippen LogP contribution in [0, 0.1) is 5.82 Å². The zero-order valence-electron chi connectivity index (χ0n) is 13.9. The zero-order chi connectivity index (χ0) is 18.1. The molecule has 0 unspecified atom stereocenters. The molecule has 0 saturated carbocycles. The fourth-order valence-corrected chi connectivity index (χ4v) is 2.36. The average Bonchev–Trinajstić information content (AvgIpc) is 2.56. The third-order valence-corrected chi connectivity index (χ3v) is 3.65. The van der Waals surface area contributed by atoms with Crippen molar-refractivity contribution in [3.63, 3.8) is 0 Å². The Hall–Kier alpha value is -2.89. The van der Waals surface area contributed by atoms with Gasteiger partial charge in [-0.25, -0.2) is 4.39 Å². The molecule has 0 atom stereocenters. The van der Waals surface area contributed by atoms with Gasteiger partial charge in [-0.1, -0.05) is 24.6 Å². The molecule has 4 N–H and O–H groups in total. The molecule has 0 bridgehead atoms. The van der Waals surface area contributed by atoms with Gasteiger partial charge in [-0.3, -0.25) is 9.59 Å². The Bertz CT molecular complexity index is 734. The minimum absolute atomic E-state index is 0.0953. The van der Waals surface area contributed by atoms with Gasteiger partial charge in [-0.15, -0.1) is 0 Å². The van der Waals surface area contributed by atoms with Gasteiger partial charge in [0.25, 0.3) is 0 Å². The molecule has 132 valence electrons. The second-order valence-electron chi connectivity index (χ2n) is 5.75. The second kappa shape index (κ2) is 9.42. The fraction of sp³-hybridized carbons (Fsp3) is 0.263. The van der Waals surface area contributed by atoms with Crippen molar-refractivity contribution < 1.29 is 14.0 Å². The number of nitrogen functional groups attached to an aromatic ring is 1. The Morgan fingerprint density at radius 1 is 0.880 bits per heavy atom. The summed E-state index contributed by atoms with van der Waals surface area (Å²) < 4.78 is 13.0. The normalized spacial score (nSPS) is 10.3. The molecule has 0 radical (unpaired) electrons. The van der Waals surface area contributed by atoms with E-state index in [1.54, 1.807) is 30.3 Å². The van der Waals surface area contributed by atoms with Gasteiger partial charge in [-0.05, 0) is 43.2 Å². The van der Waals surface area contributed by atoms with E-state index in [4.69, 9.17) is 5.73 Å². The number of carbonyl (C=O) groups is 2. The van der Waals surface area contributed by atoms with E-state index in [1.807, 2.05) is 6.07 Å². The van der Waals surface area contributed by atoms with Crippen molar-refractivity contribution in [1.29, 1.82) is 0 Å². The Labute approximate surface area is 146 Å². The van der Waals surface area contributed by atoms with Crippen LogP contribution in [0.3, 0.4) is 0 Å². The molecular weight excluding hydrogens is 321 g/mol. The molecule has 2 amide bonds. The highest BCUT2D eigenvalue weighted by Gasteiger charge is 2.06. The summed E-state index contributed by atoms with van der Waals surface area (Å²) in [4.78, 5) is 23.6. The van der Waals surface area contributed by atoms with Crippen LogP contribution in [-0.2, 0) is 9.59 Å². The monoisotopic (exact) mass is 343 g/mol. The Balaban J connectivity index is 1.60. The molecule has 0 fully saturated rings. The minimum atomic E-state index is -0.386. The molecular formula is C19H22FN3O2. The molecule has 0 aliphatic rings. The van der Waals surface area contributed by atoms with Crippen LogP contribution < -0.4 is 16.4 Å². The Morgan fingerprint density at radius 3 is 2.24 bits per heavy atom. The van der Waals surface area contributed by atoms with Crippen LogP contribution in [0.5, 0.6) is 0 Å². The van der Waals surface area contributed by atoms with E-state index in [2.05, 4.69) is 10.6 Å². The van der Waals surface area contributed by atoms with Crippen molar-refractivity contribution in [2.24, 2.45) is 0 Å². The highest BCUT2D eigenvalue weighted by atomic mass is 19.1. The molecule has 0 heterocycles. The summed E-state index contributed by atoms with van der Waals surface area (Å²) in [5.41, 5.74) is 7.36. The fourth-order valence-electron chi connectivity index (χ4n) is 2.36. The number of benzene rings is 2. The predicted octanol–water partition coefficient (Wildman–Crippen LogP) is 3.94. The van der Waals surface area contributed by atoms with Crippen molar-refractivity contribution in [3.8, 4) is 0 Å². The summed E-state index contributed by atoms with van der Waals surface area (Å²) in [5, 5.41) is 5.42. The van der Waals surface area contributed by atoms with Crippen LogP contribution in [0.25, 0.3) is 0 Å². The smallest absolute Gasteiger partial charge is 0.224 e. The number of carbonyl (C=O) groups excluding carboxylic acids is 2. The average molecular weight is 343 g/mol. The highest BCUT2D eigenvalue weighted by molar-refractivity contribution is 5.93. The quantitative estimate of drug-likeness (QED) is 0.501. The highest BCUT2D eigenvalue weighted by Crippen LogP contribution is 2.17. The molecule has 2 aromatic rings. The molecule has 0 aromatic heterocycles. The van der Waals surface area contributed by atoms with E-state index in [1.165, 1.54) is 12.1 Å². The van der Waals surface area contributed by atoms with Crippen molar-refractivity contribution in [3.05, 3.63) is 54.3 Å². The van der Waals surface area contributed by atoms with Gasteiger partial charge in [0.05, 0.1) is 11.4 Å². The van der Waals surface area contributed by atoms with Crippen molar-refractivity contribution >= 4 is 28.9 Å². The maximum atomic E-state index is 13.0. The number of anilines is 3. The SMILES string of the molecule is Nc1ccccc1NC(=O)CCCCCC(=O)Nc1cccc(F)c1. The summed E-state index contributed by atoms with van der Waals surface area (Å²) in [6, 6.07) is 12.9. The van der Waals surface area contributed by atoms with E-state index in [9.17, 15) is 14.0 Å². The first-order valence-electron chi connectivity index (χ1n) is 8.24. The van der Waals surface area contributed by atoms with Crippen molar-refractivity contribution in [1.82, 2.24) is 0 Å². The van der Waals surface area contributed by atoms with Crippen molar-refractivity contribution in [2.45, 2.75) is 32.1 Å². The van der Waals surface area contributed by atoms with Gasteiger partial charge in [0.1, 0.15) is 5.82 Å². The number of amides is 2. The molecule has 6 heteroatoms. The standard InChI is InChI=1S/C19H22FN3O2/c20-14-7-6-8-15(13-14)22-18(24)11-2-1-3-12-19(25)23-17-10-5-4-9-16(17)21/h4-10,13H,1-3,11-12,21H2,(H,22,24)(H,23,25). The number of rotatable bonds is 8. The van der Waals surface area contributed by atoms with Gasteiger partial charge in [0.2, 0.25) is 11.8 Å². The minimum Gasteiger partial charge on any atom is -0.397 e. The lowest BCUT2D eigenvalue weighted by Crippen LogP contribution is -2.13. The summed E-state index contributed by atoms with van der Waals surface area (Å²) in [5.74, 6) is -0.642. The Kier molecular flexibility index (Phi) is 6.95. The van der Waals surface area contributed by atoms with Crippen LogP contribution >= 0.6 is 0 Å². The first kappa shape index (κ1) is 18.4. The van der Waals surface area contributed by atoms with Crippen molar-refractivity contribution in [2.75, 3.05) is 16.4 Å². The second-order valence-corrected chi connectivity index (χ2v) is 5.75. The van der Waals surface area contributed by atoms with Gasteiger partial charge in [0, 0.05) is 18.5 Å². The summed E-state index contributed by atoms with van der Waals surface area (Å²) in [7, 11) is 0. The molecule has 0 saturated heterocycles. The largest absolute Gasteiger partial charge is 0.397 e. The van der Waals surface area contributed by atoms with E-state index in [-0.39, 0.29) is 17.6 Å². The van der Waals surface area contributed by atoms with E-state index in [0.29, 0.717) is 42.7 Å². The number of nitrogens with two attached hydrogens (primary N) is 1. The third-order valence-electron chi connectivity index (χ3n) is 3.65. The Morgan fingerprint density at radius 2 is 1.56 bits per heavy atom. The van der Waals surface area contributed by atoms with Crippen LogP contribution in [0.15, 0.2) is 48.5 Å². The molecule has 25 heavy (non-hydrogen) atoms. The first-order valence-corrected chi connectivity index (χ1v) is 8.24. The van der Waals surface area contributed by atoms with Crippen LogP contribution in [0.2, 0.25) is 0 Å². The third kappa shape index (κ3) is 6.63. The van der Waals surface area contributed by atoms with E-state index >= 15 is 0 Å². The molecule has 2 aromatic carbocycles. The first-order chi connectivity index (χ1) is 12.0. The number of para-hydroxylation sites is 2. The summed E-state index contributed by atoms with van der Waals surface area (Å²) >= 11 is 0. The summed E-state index contributed by atoms with van der Waals surface area (Å²) in [6.45, 7) is 0. The number of halogens is 1. The van der Waals surface area contributed by atoms with Gasteiger partial charge in [-0.2, -0.15) is 0 Å². The van der Waals surface area contributed by atoms with Gasteiger partial charge in [0.15, 0.2) is 0 Å². The topological polar surface area (TPSA) is 84.2 Å². The maximum Gasteiger partial charge on any atom is 0.224 e. The number of unbranched alkanes of at least 4 members (excludes halogenated alkanes) is 2. The number of hydrogen-bond acceptors (Lipinski definition) is 3. The van der Waals surface area contributed by atoms with Gasteiger partial charge < -0.3 is 16.4 Å². The molecule has 2 rings (SSSR count). The van der Waals surface area contributed by atoms with E-state index in [0.717, 1.165) is 6.42 Å². The van der Waals surface area contributed by atoms with E-state index < -0.39 is 0 Å². The zero-order valence-corrected chi connectivity index (χ0v) is 13.9. The molecule has 0 spiro atoms. The molecule has 0 aliphatic carbocycles. The van der Waals surface area contributed by atoms with Gasteiger partial charge >= 0.3 is 0 Å². The number of hydrogen-bond donors (Lipinski definition) is 3. The van der Waals surface area contributed by atoms with Crippen LogP contribution in [0.4, 0.5) is 21.5 Å². The maximum absolute atomic E-state index is 13.0. The predicted molar refractivity (Wildman–Crippen MR) is 97.6 cm³/mol. The molecule has 0 aliphatic heterocycles. The lowest BCUT2D eigenvalue weighted by Gasteiger charge is -2.08. The molecule has 5 nitrogen and oxygen atoms in total. The van der Waals surface area contributed by atoms with Crippen LogP contribution in [-0.4, -0.2) is 11.8 Å². The number of nitrogens with one attached hydrogen (secondary N) is 2.